The topological polar surface area (TPSA) is 148 Å². The van der Waals surface area contributed by atoms with Crippen molar-refractivity contribution < 1.29 is 37.1 Å². The van der Waals surface area contributed by atoms with Gasteiger partial charge in [0.15, 0.2) is 0 Å². The third kappa shape index (κ3) is 8.56. The monoisotopic (exact) mass is 798 g/mol. The van der Waals surface area contributed by atoms with Crippen molar-refractivity contribution in [2.45, 2.75) is 65.0 Å². The summed E-state index contributed by atoms with van der Waals surface area (Å²) in [6, 6.07) is 16.6. The first-order valence-electron chi connectivity index (χ1n) is 19.2. The number of pyridine rings is 1. The molecule has 0 spiro atoms. The van der Waals surface area contributed by atoms with Gasteiger partial charge in [-0.3, -0.25) is 29.4 Å². The number of imide groups is 1. The Bertz CT molecular complexity index is 2260. The van der Waals surface area contributed by atoms with Crippen molar-refractivity contribution in [1.29, 1.82) is 0 Å². The van der Waals surface area contributed by atoms with E-state index in [-0.39, 0.29) is 47.1 Å². The third-order valence-corrected chi connectivity index (χ3v) is 10.5. The number of nitrogens with zero attached hydrogens (tertiary/aromatic N) is 4. The van der Waals surface area contributed by atoms with Crippen LogP contribution in [0.1, 0.15) is 69.7 Å². The average Bonchev–Trinajstić information content (AvgIpc) is 3.50. The lowest BCUT2D eigenvalue weighted by atomic mass is 10.0. The molecule has 3 aromatic carbocycles. The highest BCUT2D eigenvalue weighted by atomic mass is 19.4. The maximum absolute atomic E-state index is 14.2. The first-order valence-corrected chi connectivity index (χ1v) is 19.2. The van der Waals surface area contributed by atoms with Gasteiger partial charge in [0.05, 0.1) is 34.3 Å². The molecule has 4 N–H and O–H groups in total. The van der Waals surface area contributed by atoms with Crippen molar-refractivity contribution in [3.05, 3.63) is 100 Å². The van der Waals surface area contributed by atoms with Gasteiger partial charge in [0, 0.05) is 82.3 Å². The molecule has 1 atom stereocenters. The number of rotatable bonds is 11. The number of piperazine rings is 1. The Labute approximate surface area is 333 Å². The van der Waals surface area contributed by atoms with Crippen molar-refractivity contribution >= 4 is 52.2 Å². The van der Waals surface area contributed by atoms with Crippen LogP contribution in [0.15, 0.2) is 66.9 Å². The molecule has 1 unspecified atom stereocenters. The summed E-state index contributed by atoms with van der Waals surface area (Å²) in [6.07, 6.45) is -3.63. The van der Waals surface area contributed by atoms with E-state index >= 15 is 0 Å². The fraction of sp³-hybridized carbons (Fsp3) is 0.357. The second-order valence-electron chi connectivity index (χ2n) is 14.9. The fourth-order valence-electron chi connectivity index (χ4n) is 7.66. The summed E-state index contributed by atoms with van der Waals surface area (Å²) in [5, 5.41) is 10.8. The maximum atomic E-state index is 14.2. The number of hydrogen-bond acceptors (Lipinski definition) is 10. The van der Waals surface area contributed by atoms with Crippen LogP contribution in [0, 0.1) is 6.92 Å². The molecule has 16 heteroatoms. The summed E-state index contributed by atoms with van der Waals surface area (Å²) in [4.78, 5) is 60.0. The normalized spacial score (nSPS) is 17.3. The van der Waals surface area contributed by atoms with Gasteiger partial charge in [-0.05, 0) is 68.1 Å². The Morgan fingerprint density at radius 2 is 1.72 bits per heavy atom. The summed E-state index contributed by atoms with van der Waals surface area (Å²) in [6.45, 7) is 9.78. The third-order valence-electron chi connectivity index (χ3n) is 10.5. The lowest BCUT2D eigenvalue weighted by Crippen LogP contribution is -2.52. The first-order chi connectivity index (χ1) is 27.7. The second-order valence-corrected chi connectivity index (χ2v) is 14.9. The van der Waals surface area contributed by atoms with Gasteiger partial charge in [0.25, 0.3) is 11.8 Å². The molecule has 0 radical (unpaired) electrons. The van der Waals surface area contributed by atoms with Gasteiger partial charge < -0.3 is 30.5 Å². The molecule has 3 aliphatic rings. The molecule has 58 heavy (non-hydrogen) atoms. The molecule has 4 amide bonds. The van der Waals surface area contributed by atoms with E-state index < -0.39 is 29.6 Å². The molecule has 7 rings (SSSR count). The summed E-state index contributed by atoms with van der Waals surface area (Å²) < 4.78 is 48.7. The minimum atomic E-state index is -4.72. The number of aromatic nitrogens is 1. The van der Waals surface area contributed by atoms with E-state index in [2.05, 4.69) is 36.1 Å². The number of hydrogen-bond donors (Lipinski definition) is 4. The highest BCUT2D eigenvalue weighted by Crippen LogP contribution is 2.40. The van der Waals surface area contributed by atoms with E-state index in [4.69, 9.17) is 4.74 Å². The van der Waals surface area contributed by atoms with Crippen molar-refractivity contribution in [3.63, 3.8) is 0 Å². The number of piperidine rings is 1. The van der Waals surface area contributed by atoms with Gasteiger partial charge in [-0.1, -0.05) is 24.3 Å². The van der Waals surface area contributed by atoms with Gasteiger partial charge in [-0.15, -0.1) is 0 Å². The number of ether oxygens (including phenoxy) is 1. The van der Waals surface area contributed by atoms with Crippen molar-refractivity contribution in [1.82, 2.24) is 25.4 Å². The molecule has 3 aliphatic heterocycles. The zero-order valence-corrected chi connectivity index (χ0v) is 32.6. The van der Waals surface area contributed by atoms with Gasteiger partial charge in [0.2, 0.25) is 11.8 Å². The minimum Gasteiger partial charge on any atom is -0.489 e. The smallest absolute Gasteiger partial charge is 0.419 e. The SMILES string of the molecule is CNC(=O)c1ccccc1Nc1cc(Nc2cc(C)c(N3CCN(Cc4ccc5c(c4)CN(C4CCC(=O)NC4=O)C5=O)CC3)cc2OC(C)C)ncc1C(F)(F)F. The Balaban J connectivity index is 1.04. The zero-order valence-electron chi connectivity index (χ0n) is 32.6. The molecule has 1 aromatic heterocycles. The molecule has 0 bridgehead atoms. The number of benzene rings is 3. The summed E-state index contributed by atoms with van der Waals surface area (Å²) in [7, 11) is 1.45. The van der Waals surface area contributed by atoms with E-state index in [0.717, 1.165) is 54.8 Å². The number of amides is 4. The molecule has 13 nitrogen and oxygen atoms in total. The largest absolute Gasteiger partial charge is 0.489 e. The molecule has 0 aliphatic carbocycles. The summed E-state index contributed by atoms with van der Waals surface area (Å²) in [5.41, 5.74) is 4.08. The van der Waals surface area contributed by atoms with Crippen LogP contribution in [0.3, 0.4) is 0 Å². The van der Waals surface area contributed by atoms with Crippen LogP contribution in [0.25, 0.3) is 0 Å². The van der Waals surface area contributed by atoms with Gasteiger partial charge in [0.1, 0.15) is 17.6 Å². The van der Waals surface area contributed by atoms with E-state index in [1.807, 2.05) is 51.1 Å². The number of anilines is 5. The Morgan fingerprint density at radius 1 is 0.966 bits per heavy atom. The number of halogens is 3. The predicted molar refractivity (Wildman–Crippen MR) is 213 cm³/mol. The number of alkyl halides is 3. The van der Waals surface area contributed by atoms with Crippen molar-refractivity contribution in [3.8, 4) is 5.75 Å². The number of carbonyl (C=O) groups is 4. The van der Waals surface area contributed by atoms with Crippen LogP contribution in [0.4, 0.5) is 41.7 Å². The maximum Gasteiger partial charge on any atom is 0.419 e. The van der Waals surface area contributed by atoms with Crippen LogP contribution in [0.5, 0.6) is 5.75 Å². The molecular formula is C42H45F3N8O5. The number of carbonyl (C=O) groups excluding carboxylic acids is 4. The Kier molecular flexibility index (Phi) is 11.3. The quantitative estimate of drug-likeness (QED) is 0.131. The minimum absolute atomic E-state index is 0.141. The Hall–Kier alpha value is -6.16. The second kappa shape index (κ2) is 16.4. The molecule has 2 saturated heterocycles. The first kappa shape index (κ1) is 40.1. The summed E-state index contributed by atoms with van der Waals surface area (Å²) in [5.74, 6) is -0.736. The number of fused-ring (bicyclic) bond motifs is 1. The molecule has 4 heterocycles. The highest BCUT2D eigenvalue weighted by Gasteiger charge is 2.39. The van der Waals surface area contributed by atoms with Crippen LogP contribution in [-0.2, 0) is 28.9 Å². The van der Waals surface area contributed by atoms with Crippen LogP contribution >= 0.6 is 0 Å². The predicted octanol–water partition coefficient (Wildman–Crippen LogP) is 6.13. The molecule has 0 saturated carbocycles. The Morgan fingerprint density at radius 3 is 2.43 bits per heavy atom. The molecule has 4 aromatic rings. The number of nitrogens with one attached hydrogen (secondary N) is 4. The van der Waals surface area contributed by atoms with Gasteiger partial charge in [-0.2, -0.15) is 13.2 Å². The van der Waals surface area contributed by atoms with Crippen LogP contribution < -0.4 is 30.9 Å². The zero-order chi connectivity index (χ0) is 41.3. The average molecular weight is 799 g/mol. The van der Waals surface area contributed by atoms with E-state index in [0.29, 0.717) is 36.5 Å². The molecule has 2 fully saturated rings. The fourth-order valence-corrected chi connectivity index (χ4v) is 7.66. The molecule has 304 valence electrons. The lowest BCUT2D eigenvalue weighted by Gasteiger charge is -2.37. The van der Waals surface area contributed by atoms with E-state index in [9.17, 15) is 32.3 Å². The van der Waals surface area contributed by atoms with Crippen molar-refractivity contribution in [2.75, 3.05) is 48.8 Å². The van der Waals surface area contributed by atoms with Crippen LogP contribution in [-0.4, -0.2) is 83.8 Å². The van der Waals surface area contributed by atoms with Crippen LogP contribution in [0.2, 0.25) is 0 Å². The van der Waals surface area contributed by atoms with E-state index in [1.54, 1.807) is 17.0 Å². The van der Waals surface area contributed by atoms with Gasteiger partial charge in [-0.25, -0.2) is 4.98 Å². The number of aryl methyl sites for hydroxylation is 1. The van der Waals surface area contributed by atoms with Gasteiger partial charge >= 0.3 is 6.18 Å². The standard InChI is InChI=1S/C42H45F3N8O5/c1-24(2)58-36-20-35(25(3)17-33(36)49-37-19-32(30(21-47-37)42(43,44)45)48-31-8-6-5-7-29(31)39(55)46-4)52-15-13-51(14-16-52)22-26-9-10-28-27(18-26)23-53(41(28)57)34-11-12-38(54)50-40(34)56/h5-10,17-21,24,34H,11-16,22-23H2,1-4H3,(H,46,55)(H2,47,48,49)(H,50,54,56). The lowest BCUT2D eigenvalue weighted by molar-refractivity contribution is -0.138. The molecular weight excluding hydrogens is 754 g/mol. The van der Waals surface area contributed by atoms with Crippen molar-refractivity contribution in [2.24, 2.45) is 0 Å². The number of para-hydroxylation sites is 1. The van der Waals surface area contributed by atoms with E-state index in [1.165, 1.54) is 25.2 Å². The highest BCUT2D eigenvalue weighted by molar-refractivity contribution is 6.05. The summed E-state index contributed by atoms with van der Waals surface area (Å²) >= 11 is 0.